The fraction of sp³-hybridized carbons (Fsp3) is 0.676. The third-order valence-electron chi connectivity index (χ3n) is 13.1. The van der Waals surface area contributed by atoms with Crippen molar-refractivity contribution in [1.82, 2.24) is 4.90 Å². The molecule has 1 aromatic rings. The Balaban J connectivity index is 1.12. The van der Waals surface area contributed by atoms with Crippen LogP contribution in [0.15, 0.2) is 53.3 Å². The van der Waals surface area contributed by atoms with Gasteiger partial charge in [0.25, 0.3) is 0 Å². The molecule has 3 saturated carbocycles. The van der Waals surface area contributed by atoms with E-state index in [1.807, 2.05) is 35.2 Å². The molecular formula is C37H49NO5. The number of benzene rings is 1. The molecule has 2 saturated heterocycles. The van der Waals surface area contributed by atoms with Crippen molar-refractivity contribution >= 4 is 11.9 Å². The van der Waals surface area contributed by atoms with Crippen LogP contribution >= 0.6 is 0 Å². The van der Waals surface area contributed by atoms with Crippen LogP contribution in [0.1, 0.15) is 91.0 Å². The second kappa shape index (κ2) is 10.8. The van der Waals surface area contributed by atoms with Gasteiger partial charge < -0.3 is 19.5 Å². The second-order valence-corrected chi connectivity index (χ2v) is 15.4. The summed E-state index contributed by atoms with van der Waals surface area (Å²) in [5, 5.41) is 9.84. The Labute approximate surface area is 256 Å². The minimum Gasteiger partial charge on any atom is -0.515 e. The first-order valence-electron chi connectivity index (χ1n) is 16.8. The van der Waals surface area contributed by atoms with Gasteiger partial charge in [-0.25, -0.2) is 4.79 Å². The largest absolute Gasteiger partial charge is 0.515 e. The summed E-state index contributed by atoms with van der Waals surface area (Å²) in [7, 11) is 0. The molecule has 7 rings (SSSR count). The molecule has 232 valence electrons. The van der Waals surface area contributed by atoms with E-state index in [0.29, 0.717) is 48.2 Å². The van der Waals surface area contributed by atoms with Crippen molar-refractivity contribution in [2.75, 3.05) is 6.54 Å². The third kappa shape index (κ3) is 4.69. The van der Waals surface area contributed by atoms with E-state index >= 15 is 0 Å². The Morgan fingerprint density at radius 2 is 1.93 bits per heavy atom. The number of allylic oxidation sites excluding steroid dienone is 2. The zero-order chi connectivity index (χ0) is 30.1. The number of fused-ring (bicyclic) bond motifs is 6. The van der Waals surface area contributed by atoms with Crippen molar-refractivity contribution in [3.8, 4) is 0 Å². The molecule has 5 fully saturated rings. The smallest absolute Gasteiger partial charge is 0.410 e. The Bertz CT molecular complexity index is 1340. The topological polar surface area (TPSA) is 76.1 Å². The first kappa shape index (κ1) is 29.1. The van der Waals surface area contributed by atoms with Crippen LogP contribution in [-0.4, -0.2) is 46.2 Å². The predicted octanol–water partition coefficient (Wildman–Crippen LogP) is 7.78. The Morgan fingerprint density at radius 1 is 1.14 bits per heavy atom. The van der Waals surface area contributed by atoms with E-state index < -0.39 is 0 Å². The number of hydrogen-bond donors (Lipinski definition) is 1. The van der Waals surface area contributed by atoms with Crippen molar-refractivity contribution in [3.05, 3.63) is 58.9 Å². The molecule has 0 radical (unpaired) electrons. The molecule has 2 aliphatic heterocycles. The Hall–Kier alpha value is -2.60. The molecule has 4 aliphatic carbocycles. The molecule has 1 N–H and O–H groups in total. The van der Waals surface area contributed by atoms with Crippen LogP contribution in [0.5, 0.6) is 0 Å². The lowest BCUT2D eigenvalue weighted by atomic mass is 9.51. The molecule has 2 heterocycles. The van der Waals surface area contributed by atoms with E-state index in [4.69, 9.17) is 9.47 Å². The summed E-state index contributed by atoms with van der Waals surface area (Å²) >= 11 is 0. The maximum absolute atomic E-state index is 13.5. The van der Waals surface area contributed by atoms with Gasteiger partial charge in [-0.2, -0.15) is 0 Å². The van der Waals surface area contributed by atoms with E-state index in [1.54, 1.807) is 5.57 Å². The van der Waals surface area contributed by atoms with Crippen molar-refractivity contribution in [2.24, 2.45) is 40.9 Å². The number of nitrogens with zero attached hydrogens (tertiary/aromatic N) is 1. The summed E-state index contributed by atoms with van der Waals surface area (Å²) in [6.45, 7) is 10.3. The number of aliphatic hydroxyl groups is 1. The summed E-state index contributed by atoms with van der Waals surface area (Å²) in [4.78, 5) is 28.2. The maximum Gasteiger partial charge on any atom is 0.410 e. The second-order valence-electron chi connectivity index (χ2n) is 15.4. The summed E-state index contributed by atoms with van der Waals surface area (Å²) in [6.07, 6.45) is 9.75. The van der Waals surface area contributed by atoms with Gasteiger partial charge in [-0.1, -0.05) is 62.2 Å². The Morgan fingerprint density at radius 3 is 2.70 bits per heavy atom. The number of ether oxygens (including phenoxy) is 2. The lowest BCUT2D eigenvalue weighted by Crippen LogP contribution is -2.54. The van der Waals surface area contributed by atoms with Gasteiger partial charge in [0.1, 0.15) is 6.61 Å². The van der Waals surface area contributed by atoms with E-state index in [0.717, 1.165) is 63.3 Å². The molecule has 0 aromatic heterocycles. The predicted molar refractivity (Wildman–Crippen MR) is 165 cm³/mol. The molecule has 43 heavy (non-hydrogen) atoms. The monoisotopic (exact) mass is 587 g/mol. The molecular weight excluding hydrogens is 538 g/mol. The molecule has 6 aliphatic rings. The first-order valence-corrected chi connectivity index (χ1v) is 16.8. The summed E-state index contributed by atoms with van der Waals surface area (Å²) in [5.74, 6) is 2.95. The number of carbonyl (C=O) groups excluding carboxylic acids is 2. The number of amides is 1. The minimum atomic E-state index is -0.251. The number of piperidine rings is 1. The summed E-state index contributed by atoms with van der Waals surface area (Å²) < 4.78 is 13.0. The van der Waals surface area contributed by atoms with Gasteiger partial charge >= 0.3 is 6.09 Å². The number of carbonyl (C=O) groups is 2. The van der Waals surface area contributed by atoms with Gasteiger partial charge in [0.2, 0.25) is 0 Å². The molecule has 1 spiro atoms. The highest BCUT2D eigenvalue weighted by Crippen LogP contribution is 2.65. The number of hydrogen-bond acceptors (Lipinski definition) is 5. The average Bonchev–Trinajstić information content (AvgIpc) is 3.46. The van der Waals surface area contributed by atoms with Crippen molar-refractivity contribution < 1.29 is 24.2 Å². The normalized spacial score (nSPS) is 43.2. The average molecular weight is 588 g/mol. The van der Waals surface area contributed by atoms with Gasteiger partial charge in [-0.3, -0.25) is 4.79 Å². The van der Waals surface area contributed by atoms with Crippen molar-refractivity contribution in [3.63, 3.8) is 0 Å². The number of rotatable bonds is 2. The number of likely N-dealkylation sites (tertiary alicyclic amines) is 1. The fourth-order valence-electron chi connectivity index (χ4n) is 10.9. The third-order valence-corrected chi connectivity index (χ3v) is 13.1. The molecule has 0 bridgehead atoms. The minimum absolute atomic E-state index is 0.0424. The van der Waals surface area contributed by atoms with Gasteiger partial charge in [-0.05, 0) is 98.9 Å². The molecule has 1 amide bonds. The highest BCUT2D eigenvalue weighted by Gasteiger charge is 2.61. The highest BCUT2D eigenvalue weighted by atomic mass is 16.6. The van der Waals surface area contributed by atoms with Crippen LogP contribution < -0.4 is 0 Å². The fourth-order valence-corrected chi connectivity index (χ4v) is 10.9. The zero-order valence-electron chi connectivity index (χ0n) is 26.4. The number of aliphatic hydroxyl groups excluding tert-OH is 1. The Kier molecular flexibility index (Phi) is 7.31. The van der Waals surface area contributed by atoms with Crippen molar-refractivity contribution in [2.45, 2.75) is 110 Å². The maximum atomic E-state index is 13.5. The standard InChI is InChI=1S/C37H49NO5/c1-22-14-33-34(38(19-22)35(41)42-21-25-8-6-5-7-9-25)24(3)37(43-33)13-12-28-29-11-10-27-15-32(40)26(20-39)18-36(27,4)31(29)16-30(28)23(2)17-37/h5-9,20,22,24,27-29,31,33-34,39H,10-19,21H2,1-4H3/b26-20-/t22-,24+,27?,28-,29-,31-,33+,34?,36-,37-/m0/s1. The lowest BCUT2D eigenvalue weighted by molar-refractivity contribution is -0.124. The highest BCUT2D eigenvalue weighted by molar-refractivity contribution is 5.96. The molecule has 6 nitrogen and oxygen atoms in total. The van der Waals surface area contributed by atoms with Gasteiger partial charge in [0, 0.05) is 24.5 Å². The van der Waals surface area contributed by atoms with Crippen LogP contribution in [-0.2, 0) is 20.9 Å². The van der Waals surface area contributed by atoms with Crippen LogP contribution in [0.3, 0.4) is 0 Å². The van der Waals surface area contributed by atoms with Crippen LogP contribution in [0.4, 0.5) is 4.79 Å². The molecule has 2 unspecified atom stereocenters. The molecule has 1 aromatic carbocycles. The number of ketones is 1. The van der Waals surface area contributed by atoms with E-state index in [2.05, 4.69) is 27.7 Å². The van der Waals surface area contributed by atoms with Crippen LogP contribution in [0, 0.1) is 40.9 Å². The van der Waals surface area contributed by atoms with Crippen LogP contribution in [0.2, 0.25) is 0 Å². The lowest BCUT2D eigenvalue weighted by Gasteiger charge is -2.52. The van der Waals surface area contributed by atoms with Gasteiger partial charge in [-0.15, -0.1) is 0 Å². The van der Waals surface area contributed by atoms with Crippen LogP contribution in [0.25, 0.3) is 0 Å². The van der Waals surface area contributed by atoms with E-state index in [-0.39, 0.29) is 41.0 Å². The van der Waals surface area contributed by atoms with Crippen molar-refractivity contribution in [1.29, 1.82) is 0 Å². The van der Waals surface area contributed by atoms with Gasteiger partial charge in [0.15, 0.2) is 5.78 Å². The first-order chi connectivity index (χ1) is 20.6. The van der Waals surface area contributed by atoms with E-state index in [9.17, 15) is 14.7 Å². The number of Topliss-reactive ketones (excluding diaryl/α,β-unsaturated/α-hetero) is 1. The molecule has 6 heteroatoms. The summed E-state index contributed by atoms with van der Waals surface area (Å²) in [5.41, 5.74) is 4.61. The SMILES string of the molecule is CC1=C2C[C@H]3[C@@H](CCC4CC(=O)/C(=C\O)C[C@@]43C)[C@@H]2CC[C@@]2(C1)O[C@@H]1C[C@H](C)CN(C(=O)OCc3ccccc3)C1[C@H]2C. The van der Waals surface area contributed by atoms with Gasteiger partial charge in [0.05, 0.1) is 24.0 Å². The molecule has 10 atom stereocenters. The zero-order valence-corrected chi connectivity index (χ0v) is 26.4. The van der Waals surface area contributed by atoms with E-state index in [1.165, 1.54) is 12.0 Å². The quantitative estimate of drug-likeness (QED) is 0.217. The summed E-state index contributed by atoms with van der Waals surface area (Å²) in [6, 6.07) is 9.97.